The molecule has 1 heterocycles. The van der Waals surface area contributed by atoms with Crippen molar-refractivity contribution >= 4 is 15.8 Å². The number of ether oxygens (including phenoxy) is 1. The number of nitrogens with zero attached hydrogens (tertiary/aromatic N) is 1. The van der Waals surface area contributed by atoms with Crippen LogP contribution in [0, 0.1) is 12.8 Å². The lowest BCUT2D eigenvalue weighted by Gasteiger charge is -2.31. The van der Waals surface area contributed by atoms with Crippen molar-refractivity contribution < 1.29 is 17.9 Å². The Labute approximate surface area is 173 Å². The van der Waals surface area contributed by atoms with Crippen molar-refractivity contribution in [2.45, 2.75) is 57.0 Å². The van der Waals surface area contributed by atoms with Gasteiger partial charge in [-0.3, -0.25) is 4.79 Å². The van der Waals surface area contributed by atoms with Gasteiger partial charge in [0.2, 0.25) is 10.0 Å². The van der Waals surface area contributed by atoms with Crippen LogP contribution in [0.5, 0.6) is 5.75 Å². The van der Waals surface area contributed by atoms with Gasteiger partial charge in [-0.25, -0.2) is 8.42 Å². The van der Waals surface area contributed by atoms with E-state index in [1.807, 2.05) is 32.9 Å². The van der Waals surface area contributed by atoms with E-state index >= 15 is 0 Å². The van der Waals surface area contributed by atoms with Gasteiger partial charge in [-0.2, -0.15) is 4.31 Å². The lowest BCUT2D eigenvalue weighted by molar-refractivity contribution is 0.0955. The zero-order valence-corrected chi connectivity index (χ0v) is 18.3. The number of methoxy groups -OCH3 is 1. The van der Waals surface area contributed by atoms with Crippen LogP contribution >= 0.6 is 0 Å². The van der Waals surface area contributed by atoms with E-state index in [4.69, 9.17) is 4.74 Å². The van der Waals surface area contributed by atoms with E-state index in [2.05, 4.69) is 0 Å². The molecule has 0 amide bonds. The first-order valence-corrected chi connectivity index (χ1v) is 11.5. The molecule has 2 aromatic carbocycles. The fraction of sp³-hybridized carbons (Fsp3) is 0.435. The topological polar surface area (TPSA) is 63.7 Å². The van der Waals surface area contributed by atoms with Crippen LogP contribution in [0.25, 0.3) is 0 Å². The molecule has 1 saturated heterocycles. The fourth-order valence-electron chi connectivity index (χ4n) is 4.02. The van der Waals surface area contributed by atoms with Gasteiger partial charge in [-0.15, -0.1) is 0 Å². The van der Waals surface area contributed by atoms with E-state index in [0.29, 0.717) is 17.7 Å². The molecule has 0 radical (unpaired) electrons. The first-order valence-electron chi connectivity index (χ1n) is 10.0. The predicted octanol–water partition coefficient (Wildman–Crippen LogP) is 4.45. The first-order chi connectivity index (χ1) is 13.7. The standard InChI is InChI=1S/C23H29NO4S/c1-16(2)22-14-9-19(15-23(25)18-7-10-20(28-4)11-8-18)24(22)29(26,27)21-12-5-17(3)6-13-21/h5-8,10-13,16,19,22H,9,14-15H2,1-4H3/t19-,22+/m0/s1. The summed E-state index contributed by atoms with van der Waals surface area (Å²) in [4.78, 5) is 13.2. The second-order valence-corrected chi connectivity index (χ2v) is 9.89. The summed E-state index contributed by atoms with van der Waals surface area (Å²) in [5.41, 5.74) is 1.59. The average molecular weight is 416 g/mol. The largest absolute Gasteiger partial charge is 0.497 e. The molecule has 0 aromatic heterocycles. The van der Waals surface area contributed by atoms with Crippen LogP contribution in [0.1, 0.15) is 49.0 Å². The molecule has 1 aliphatic heterocycles. The van der Waals surface area contributed by atoms with E-state index < -0.39 is 10.0 Å². The zero-order chi connectivity index (χ0) is 21.2. The first kappa shape index (κ1) is 21.5. The average Bonchev–Trinajstić information content (AvgIpc) is 3.13. The van der Waals surface area contributed by atoms with Crippen LogP contribution in [-0.2, 0) is 10.0 Å². The van der Waals surface area contributed by atoms with Crippen molar-refractivity contribution in [2.24, 2.45) is 5.92 Å². The Morgan fingerprint density at radius 2 is 1.69 bits per heavy atom. The normalized spacial score (nSPS) is 20.2. The number of ketones is 1. The summed E-state index contributed by atoms with van der Waals surface area (Å²) in [7, 11) is -2.10. The number of sulfonamides is 1. The summed E-state index contributed by atoms with van der Waals surface area (Å²) in [6, 6.07) is 13.5. The molecule has 2 aromatic rings. The van der Waals surface area contributed by atoms with E-state index in [0.717, 1.165) is 12.0 Å². The highest BCUT2D eigenvalue weighted by atomic mass is 32.2. The van der Waals surface area contributed by atoms with Gasteiger partial charge < -0.3 is 4.74 Å². The summed E-state index contributed by atoms with van der Waals surface area (Å²) in [5, 5.41) is 0. The van der Waals surface area contributed by atoms with Crippen LogP contribution in [0.15, 0.2) is 53.4 Å². The molecular weight excluding hydrogens is 386 g/mol. The highest BCUT2D eigenvalue weighted by molar-refractivity contribution is 7.89. The summed E-state index contributed by atoms with van der Waals surface area (Å²) < 4.78 is 33.7. The SMILES string of the molecule is COc1ccc(C(=O)C[C@@H]2CC[C@H](C(C)C)N2S(=O)(=O)c2ccc(C)cc2)cc1. The van der Waals surface area contributed by atoms with Gasteiger partial charge >= 0.3 is 0 Å². The maximum atomic E-state index is 13.5. The maximum Gasteiger partial charge on any atom is 0.243 e. The summed E-state index contributed by atoms with van der Waals surface area (Å²) in [6.07, 6.45) is 1.64. The molecule has 0 N–H and O–H groups in total. The van der Waals surface area contributed by atoms with E-state index in [-0.39, 0.29) is 35.1 Å². The minimum Gasteiger partial charge on any atom is -0.497 e. The summed E-state index contributed by atoms with van der Waals surface area (Å²) >= 11 is 0. The molecule has 1 aliphatic rings. The molecule has 0 unspecified atom stereocenters. The van der Waals surface area contributed by atoms with Crippen molar-refractivity contribution in [3.05, 3.63) is 59.7 Å². The minimum atomic E-state index is -3.68. The Hall–Kier alpha value is -2.18. The van der Waals surface area contributed by atoms with Gasteiger partial charge in [-0.1, -0.05) is 31.5 Å². The molecule has 1 fully saturated rings. The van der Waals surface area contributed by atoms with Crippen molar-refractivity contribution in [1.29, 1.82) is 0 Å². The molecule has 3 rings (SSSR count). The zero-order valence-electron chi connectivity index (χ0n) is 17.5. The number of benzene rings is 2. The fourth-order valence-corrected chi connectivity index (χ4v) is 6.02. The molecule has 6 heteroatoms. The highest BCUT2D eigenvalue weighted by Crippen LogP contribution is 2.36. The molecule has 0 bridgehead atoms. The number of hydrogen-bond acceptors (Lipinski definition) is 4. The Bertz CT molecular complexity index is 949. The molecule has 0 spiro atoms. The van der Waals surface area contributed by atoms with Gasteiger partial charge in [0, 0.05) is 24.1 Å². The van der Waals surface area contributed by atoms with Gasteiger partial charge in [-0.05, 0) is 62.1 Å². The Balaban J connectivity index is 1.88. The van der Waals surface area contributed by atoms with Crippen LogP contribution < -0.4 is 4.74 Å². The quantitative estimate of drug-likeness (QED) is 0.627. The smallest absolute Gasteiger partial charge is 0.243 e. The number of aryl methyl sites for hydroxylation is 1. The Kier molecular flexibility index (Phi) is 6.44. The van der Waals surface area contributed by atoms with Gasteiger partial charge in [0.05, 0.1) is 12.0 Å². The van der Waals surface area contributed by atoms with E-state index in [1.54, 1.807) is 47.8 Å². The lowest BCUT2D eigenvalue weighted by Crippen LogP contribution is -2.44. The third-order valence-electron chi connectivity index (χ3n) is 5.68. The predicted molar refractivity (Wildman–Crippen MR) is 114 cm³/mol. The van der Waals surface area contributed by atoms with E-state index in [9.17, 15) is 13.2 Å². The van der Waals surface area contributed by atoms with Crippen LogP contribution in [-0.4, -0.2) is 37.7 Å². The van der Waals surface area contributed by atoms with Gasteiger partial charge in [0.25, 0.3) is 0 Å². The Morgan fingerprint density at radius 1 is 1.07 bits per heavy atom. The molecular formula is C23H29NO4S. The number of carbonyl (C=O) groups excluding carboxylic acids is 1. The highest BCUT2D eigenvalue weighted by Gasteiger charge is 2.44. The van der Waals surface area contributed by atoms with Crippen molar-refractivity contribution in [2.75, 3.05) is 7.11 Å². The van der Waals surface area contributed by atoms with Crippen molar-refractivity contribution in [3.63, 3.8) is 0 Å². The monoisotopic (exact) mass is 415 g/mol. The Morgan fingerprint density at radius 3 is 2.24 bits per heavy atom. The molecule has 0 saturated carbocycles. The second kappa shape index (κ2) is 8.67. The second-order valence-electron chi connectivity index (χ2n) is 8.05. The van der Waals surface area contributed by atoms with Crippen molar-refractivity contribution in [3.8, 4) is 5.75 Å². The number of hydrogen-bond donors (Lipinski definition) is 0. The minimum absolute atomic E-state index is 0.0498. The molecule has 0 aliphatic carbocycles. The molecule has 2 atom stereocenters. The molecule has 156 valence electrons. The molecule has 29 heavy (non-hydrogen) atoms. The number of rotatable bonds is 7. The third-order valence-corrected chi connectivity index (χ3v) is 7.67. The molecule has 5 nitrogen and oxygen atoms in total. The summed E-state index contributed by atoms with van der Waals surface area (Å²) in [6.45, 7) is 6.01. The maximum absolute atomic E-state index is 13.5. The van der Waals surface area contributed by atoms with Gasteiger partial charge in [0.1, 0.15) is 5.75 Å². The number of carbonyl (C=O) groups is 1. The lowest BCUT2D eigenvalue weighted by atomic mass is 10.0. The number of Topliss-reactive ketones (excluding diaryl/α,β-unsaturated/α-hetero) is 1. The van der Waals surface area contributed by atoms with Crippen LogP contribution in [0.3, 0.4) is 0 Å². The van der Waals surface area contributed by atoms with Crippen LogP contribution in [0.4, 0.5) is 0 Å². The van der Waals surface area contributed by atoms with Crippen LogP contribution in [0.2, 0.25) is 0 Å². The summed E-state index contributed by atoms with van der Waals surface area (Å²) in [5.74, 6) is 0.813. The van der Waals surface area contributed by atoms with E-state index in [1.165, 1.54) is 0 Å². The van der Waals surface area contributed by atoms with Crippen molar-refractivity contribution in [1.82, 2.24) is 4.31 Å². The third kappa shape index (κ3) is 4.54. The van der Waals surface area contributed by atoms with Gasteiger partial charge in [0.15, 0.2) is 5.78 Å².